The summed E-state index contributed by atoms with van der Waals surface area (Å²) in [5, 5.41) is 0.684. The first-order chi connectivity index (χ1) is 7.68. The summed E-state index contributed by atoms with van der Waals surface area (Å²) in [6, 6.07) is 15.6. The number of hydrogen-bond donors (Lipinski definition) is 1. The minimum absolute atomic E-state index is 0.133. The Kier molecular flexibility index (Phi) is 3.64. The molecule has 3 heteroatoms. The third-order valence-corrected chi connectivity index (χ3v) is 3.69. The van der Waals surface area contributed by atoms with E-state index in [1.807, 2.05) is 48.5 Å². The van der Waals surface area contributed by atoms with Crippen LogP contribution in [0.15, 0.2) is 53.0 Å². The van der Waals surface area contributed by atoms with Crippen molar-refractivity contribution in [1.82, 2.24) is 0 Å². The molecule has 1 atom stereocenters. The van der Waals surface area contributed by atoms with Gasteiger partial charge in [0.25, 0.3) is 0 Å². The molecule has 0 aliphatic rings. The van der Waals surface area contributed by atoms with Crippen LogP contribution >= 0.6 is 27.5 Å². The highest BCUT2D eigenvalue weighted by atomic mass is 79.9. The Balaban J connectivity index is 2.34. The second-order valence-electron chi connectivity index (χ2n) is 3.56. The number of halogens is 2. The van der Waals surface area contributed by atoms with Gasteiger partial charge in [0.2, 0.25) is 0 Å². The first kappa shape index (κ1) is 11.6. The lowest BCUT2D eigenvalue weighted by atomic mass is 10.00. The van der Waals surface area contributed by atoms with Crippen molar-refractivity contribution in [2.24, 2.45) is 5.73 Å². The minimum Gasteiger partial charge on any atom is -0.320 e. The molecule has 0 aromatic heterocycles. The van der Waals surface area contributed by atoms with E-state index in [0.717, 1.165) is 15.6 Å². The van der Waals surface area contributed by atoms with Crippen LogP contribution in [0, 0.1) is 0 Å². The molecule has 0 radical (unpaired) electrons. The standard InChI is InChI=1S/C13H11BrClN/c14-11-7-6-10(8-12(11)15)13(16)9-4-2-1-3-5-9/h1-8,13H,16H2. The minimum atomic E-state index is -0.133. The van der Waals surface area contributed by atoms with Crippen LogP contribution in [0.3, 0.4) is 0 Å². The Hall–Kier alpha value is -0.830. The van der Waals surface area contributed by atoms with Gasteiger partial charge in [0.05, 0.1) is 11.1 Å². The zero-order valence-electron chi connectivity index (χ0n) is 8.53. The van der Waals surface area contributed by atoms with Crippen molar-refractivity contribution in [3.63, 3.8) is 0 Å². The second-order valence-corrected chi connectivity index (χ2v) is 4.82. The third-order valence-electron chi connectivity index (χ3n) is 2.46. The Bertz CT molecular complexity index is 485. The van der Waals surface area contributed by atoms with E-state index in [-0.39, 0.29) is 6.04 Å². The quantitative estimate of drug-likeness (QED) is 0.885. The van der Waals surface area contributed by atoms with Gasteiger partial charge in [0.15, 0.2) is 0 Å². The molecule has 2 rings (SSSR count). The smallest absolute Gasteiger partial charge is 0.0552 e. The molecule has 0 saturated carbocycles. The van der Waals surface area contributed by atoms with Gasteiger partial charge in [-0.1, -0.05) is 48.0 Å². The number of rotatable bonds is 2. The van der Waals surface area contributed by atoms with Gasteiger partial charge in [-0.2, -0.15) is 0 Å². The van der Waals surface area contributed by atoms with Crippen LogP contribution in [0.4, 0.5) is 0 Å². The molecule has 0 spiro atoms. The van der Waals surface area contributed by atoms with Crippen LogP contribution < -0.4 is 5.73 Å². The molecular weight excluding hydrogens is 286 g/mol. The molecule has 16 heavy (non-hydrogen) atoms. The van der Waals surface area contributed by atoms with E-state index in [1.54, 1.807) is 0 Å². The van der Waals surface area contributed by atoms with E-state index < -0.39 is 0 Å². The fraction of sp³-hybridized carbons (Fsp3) is 0.0769. The van der Waals surface area contributed by atoms with Crippen LogP contribution in [0.1, 0.15) is 17.2 Å². The Morgan fingerprint density at radius 3 is 2.31 bits per heavy atom. The lowest BCUT2D eigenvalue weighted by molar-refractivity contribution is 0.871. The first-order valence-electron chi connectivity index (χ1n) is 4.94. The third kappa shape index (κ3) is 2.46. The number of hydrogen-bond acceptors (Lipinski definition) is 1. The van der Waals surface area contributed by atoms with Gasteiger partial charge >= 0.3 is 0 Å². The van der Waals surface area contributed by atoms with E-state index in [9.17, 15) is 0 Å². The first-order valence-corrected chi connectivity index (χ1v) is 6.11. The zero-order chi connectivity index (χ0) is 11.5. The van der Waals surface area contributed by atoms with Crippen LogP contribution in [0.25, 0.3) is 0 Å². The molecule has 0 heterocycles. The summed E-state index contributed by atoms with van der Waals surface area (Å²) in [5.41, 5.74) is 8.26. The van der Waals surface area contributed by atoms with Crippen molar-refractivity contribution >= 4 is 27.5 Å². The van der Waals surface area contributed by atoms with Gasteiger partial charge < -0.3 is 5.73 Å². The largest absolute Gasteiger partial charge is 0.320 e. The second kappa shape index (κ2) is 5.00. The van der Waals surface area contributed by atoms with E-state index in [2.05, 4.69) is 15.9 Å². The highest BCUT2D eigenvalue weighted by Gasteiger charge is 2.09. The fourth-order valence-corrected chi connectivity index (χ4v) is 1.99. The van der Waals surface area contributed by atoms with Gasteiger partial charge in [-0.15, -0.1) is 0 Å². The van der Waals surface area contributed by atoms with Gasteiger partial charge in [0, 0.05) is 4.47 Å². The maximum Gasteiger partial charge on any atom is 0.0552 e. The van der Waals surface area contributed by atoms with Crippen molar-refractivity contribution in [2.75, 3.05) is 0 Å². The predicted octanol–water partition coefficient (Wildman–Crippen LogP) is 4.15. The van der Waals surface area contributed by atoms with Crippen molar-refractivity contribution < 1.29 is 0 Å². The molecule has 0 aliphatic carbocycles. The molecule has 0 amide bonds. The van der Waals surface area contributed by atoms with Gasteiger partial charge in [-0.3, -0.25) is 0 Å². The van der Waals surface area contributed by atoms with Gasteiger partial charge in [-0.05, 0) is 39.2 Å². The molecule has 0 fully saturated rings. The average molecular weight is 297 g/mol. The Labute approximate surface area is 108 Å². The predicted molar refractivity (Wildman–Crippen MR) is 71.6 cm³/mol. The summed E-state index contributed by atoms with van der Waals surface area (Å²) >= 11 is 9.40. The number of nitrogens with two attached hydrogens (primary N) is 1. The van der Waals surface area contributed by atoms with Crippen molar-refractivity contribution in [2.45, 2.75) is 6.04 Å². The van der Waals surface area contributed by atoms with E-state index in [0.29, 0.717) is 5.02 Å². The topological polar surface area (TPSA) is 26.0 Å². The maximum atomic E-state index is 6.16. The maximum absolute atomic E-state index is 6.16. The van der Waals surface area contributed by atoms with Crippen molar-refractivity contribution in [1.29, 1.82) is 0 Å². The molecule has 2 aromatic carbocycles. The van der Waals surface area contributed by atoms with Crippen LogP contribution in [-0.2, 0) is 0 Å². The molecule has 1 nitrogen and oxygen atoms in total. The summed E-state index contributed by atoms with van der Waals surface area (Å²) in [6.07, 6.45) is 0. The summed E-state index contributed by atoms with van der Waals surface area (Å²) < 4.78 is 0.887. The van der Waals surface area contributed by atoms with Crippen LogP contribution in [-0.4, -0.2) is 0 Å². The van der Waals surface area contributed by atoms with E-state index >= 15 is 0 Å². The van der Waals surface area contributed by atoms with Crippen molar-refractivity contribution in [3.05, 3.63) is 69.2 Å². The van der Waals surface area contributed by atoms with E-state index in [1.165, 1.54) is 0 Å². The lowest BCUT2D eigenvalue weighted by Gasteiger charge is -2.13. The molecule has 0 bridgehead atoms. The summed E-state index contributed by atoms with van der Waals surface area (Å²) in [7, 11) is 0. The molecular formula is C13H11BrClN. The Morgan fingerprint density at radius 1 is 1.00 bits per heavy atom. The van der Waals surface area contributed by atoms with Crippen LogP contribution in [0.5, 0.6) is 0 Å². The molecule has 0 aliphatic heterocycles. The molecule has 2 aromatic rings. The fourth-order valence-electron chi connectivity index (χ4n) is 1.56. The Morgan fingerprint density at radius 2 is 1.69 bits per heavy atom. The zero-order valence-corrected chi connectivity index (χ0v) is 10.9. The molecule has 0 saturated heterocycles. The van der Waals surface area contributed by atoms with Gasteiger partial charge in [0.1, 0.15) is 0 Å². The molecule has 82 valence electrons. The monoisotopic (exact) mass is 295 g/mol. The summed E-state index contributed by atoms with van der Waals surface area (Å²) in [6.45, 7) is 0. The summed E-state index contributed by atoms with van der Waals surface area (Å²) in [5.74, 6) is 0. The number of benzene rings is 2. The lowest BCUT2D eigenvalue weighted by Crippen LogP contribution is -2.11. The van der Waals surface area contributed by atoms with E-state index in [4.69, 9.17) is 17.3 Å². The van der Waals surface area contributed by atoms with Gasteiger partial charge in [-0.25, -0.2) is 0 Å². The molecule has 2 N–H and O–H groups in total. The van der Waals surface area contributed by atoms with Crippen LogP contribution in [0.2, 0.25) is 5.02 Å². The van der Waals surface area contributed by atoms with Crippen molar-refractivity contribution in [3.8, 4) is 0 Å². The highest BCUT2D eigenvalue weighted by Crippen LogP contribution is 2.27. The normalized spacial score (nSPS) is 12.4. The SMILES string of the molecule is NC(c1ccccc1)c1ccc(Br)c(Cl)c1. The summed E-state index contributed by atoms with van der Waals surface area (Å²) in [4.78, 5) is 0. The molecule has 1 unspecified atom stereocenters. The average Bonchev–Trinajstić information content (AvgIpc) is 2.33. The highest BCUT2D eigenvalue weighted by molar-refractivity contribution is 9.10.